The van der Waals surface area contributed by atoms with Crippen LogP contribution in [0.5, 0.6) is 0 Å². The van der Waals surface area contributed by atoms with Gasteiger partial charge in [-0.2, -0.15) is 0 Å². The lowest BCUT2D eigenvalue weighted by Crippen LogP contribution is -2.05. The third-order valence-electron chi connectivity index (χ3n) is 2.96. The summed E-state index contributed by atoms with van der Waals surface area (Å²) in [7, 11) is 0. The highest BCUT2D eigenvalue weighted by Gasteiger charge is 2.12. The van der Waals surface area contributed by atoms with E-state index in [1.807, 2.05) is 6.92 Å². The molecule has 0 fully saturated rings. The predicted molar refractivity (Wildman–Crippen MR) is 75.0 cm³/mol. The number of nitrogens with zero attached hydrogens (tertiary/aromatic N) is 2. The predicted octanol–water partition coefficient (Wildman–Crippen LogP) is 3.83. The molecule has 2 heterocycles. The molecule has 0 spiro atoms. The normalized spacial score (nSPS) is 11.1. The summed E-state index contributed by atoms with van der Waals surface area (Å²) in [6, 6.07) is 0. The first kappa shape index (κ1) is 12.3. The topological polar surface area (TPSA) is 37.8 Å². The van der Waals surface area contributed by atoms with Crippen molar-refractivity contribution in [1.29, 1.82) is 0 Å². The van der Waals surface area contributed by atoms with Crippen LogP contribution in [-0.4, -0.2) is 16.5 Å². The second kappa shape index (κ2) is 5.00. The van der Waals surface area contributed by atoms with E-state index in [0.29, 0.717) is 0 Å². The molecule has 0 amide bonds. The Bertz CT molecular complexity index is 531. The standard InChI is InChI=1S/C13H19N3S/c1-5-6-7-14-12-11-8(2)9(3)17-13(11)16-10(4)15-12/h5-7H2,1-4H3,(H,14,15,16). The maximum Gasteiger partial charge on any atom is 0.138 e. The molecular weight excluding hydrogens is 230 g/mol. The van der Waals surface area contributed by atoms with E-state index in [4.69, 9.17) is 0 Å². The van der Waals surface area contributed by atoms with Crippen LogP contribution in [0.4, 0.5) is 5.82 Å². The van der Waals surface area contributed by atoms with Gasteiger partial charge in [0.25, 0.3) is 0 Å². The molecule has 0 aromatic carbocycles. The van der Waals surface area contributed by atoms with Crippen molar-refractivity contribution in [3.05, 3.63) is 16.3 Å². The van der Waals surface area contributed by atoms with Crippen LogP contribution >= 0.6 is 11.3 Å². The maximum atomic E-state index is 4.53. The van der Waals surface area contributed by atoms with E-state index < -0.39 is 0 Å². The second-order valence-electron chi connectivity index (χ2n) is 4.36. The zero-order valence-corrected chi connectivity index (χ0v) is 11.7. The summed E-state index contributed by atoms with van der Waals surface area (Å²) in [6.45, 7) is 9.43. The molecule has 0 saturated carbocycles. The summed E-state index contributed by atoms with van der Waals surface area (Å²) in [5.41, 5.74) is 1.31. The molecule has 2 rings (SSSR count). The van der Waals surface area contributed by atoms with Crippen LogP contribution in [0, 0.1) is 20.8 Å². The molecular formula is C13H19N3S. The Labute approximate surface area is 106 Å². The lowest BCUT2D eigenvalue weighted by atomic mass is 10.2. The van der Waals surface area contributed by atoms with Gasteiger partial charge in [-0.05, 0) is 32.8 Å². The van der Waals surface area contributed by atoms with Crippen LogP contribution < -0.4 is 5.32 Å². The van der Waals surface area contributed by atoms with E-state index in [0.717, 1.165) is 23.0 Å². The lowest BCUT2D eigenvalue weighted by molar-refractivity contribution is 0.830. The van der Waals surface area contributed by atoms with Crippen LogP contribution in [0.1, 0.15) is 36.0 Å². The summed E-state index contributed by atoms with van der Waals surface area (Å²) in [6.07, 6.45) is 2.37. The summed E-state index contributed by atoms with van der Waals surface area (Å²) < 4.78 is 0. The van der Waals surface area contributed by atoms with Crippen molar-refractivity contribution in [2.45, 2.75) is 40.5 Å². The number of thiophene rings is 1. The van der Waals surface area contributed by atoms with Crippen LogP contribution in [0.2, 0.25) is 0 Å². The Morgan fingerprint density at radius 2 is 1.94 bits per heavy atom. The molecule has 0 radical (unpaired) electrons. The summed E-state index contributed by atoms with van der Waals surface area (Å²) >= 11 is 1.76. The van der Waals surface area contributed by atoms with E-state index in [2.05, 4.69) is 36.1 Å². The highest BCUT2D eigenvalue weighted by Crippen LogP contribution is 2.33. The van der Waals surface area contributed by atoms with Gasteiger partial charge in [0, 0.05) is 11.4 Å². The first-order valence-electron chi connectivity index (χ1n) is 6.11. The van der Waals surface area contributed by atoms with Gasteiger partial charge in [0.15, 0.2) is 0 Å². The third-order valence-corrected chi connectivity index (χ3v) is 4.06. The number of rotatable bonds is 4. The van der Waals surface area contributed by atoms with Gasteiger partial charge in [0.05, 0.1) is 5.39 Å². The molecule has 4 heteroatoms. The van der Waals surface area contributed by atoms with Crippen molar-refractivity contribution >= 4 is 27.4 Å². The van der Waals surface area contributed by atoms with Gasteiger partial charge in [-0.25, -0.2) is 9.97 Å². The quantitative estimate of drug-likeness (QED) is 0.837. The second-order valence-corrected chi connectivity index (χ2v) is 5.57. The molecule has 0 aliphatic carbocycles. The molecule has 2 aromatic rings. The molecule has 92 valence electrons. The SMILES string of the molecule is CCCCNc1nc(C)nc2sc(C)c(C)c12. The van der Waals surface area contributed by atoms with E-state index in [9.17, 15) is 0 Å². The average molecular weight is 249 g/mol. The minimum atomic E-state index is 0.845. The Balaban J connectivity index is 2.44. The van der Waals surface area contributed by atoms with Gasteiger partial charge in [-0.15, -0.1) is 11.3 Å². The minimum absolute atomic E-state index is 0.845. The van der Waals surface area contributed by atoms with Gasteiger partial charge in [-0.1, -0.05) is 13.3 Å². The highest BCUT2D eigenvalue weighted by molar-refractivity contribution is 7.18. The fraction of sp³-hybridized carbons (Fsp3) is 0.538. The molecule has 0 aliphatic heterocycles. The smallest absolute Gasteiger partial charge is 0.138 e. The number of aromatic nitrogens is 2. The van der Waals surface area contributed by atoms with Crippen LogP contribution in [0.3, 0.4) is 0 Å². The Morgan fingerprint density at radius 3 is 2.65 bits per heavy atom. The van der Waals surface area contributed by atoms with Crippen LogP contribution in [0.15, 0.2) is 0 Å². The van der Waals surface area contributed by atoms with Gasteiger partial charge >= 0.3 is 0 Å². The van der Waals surface area contributed by atoms with E-state index in [-0.39, 0.29) is 0 Å². The zero-order valence-electron chi connectivity index (χ0n) is 10.9. The van der Waals surface area contributed by atoms with Gasteiger partial charge < -0.3 is 5.32 Å². The first-order valence-corrected chi connectivity index (χ1v) is 6.93. The van der Waals surface area contributed by atoms with Crippen LogP contribution in [0.25, 0.3) is 10.2 Å². The summed E-state index contributed by atoms with van der Waals surface area (Å²) in [5.74, 6) is 1.85. The van der Waals surface area contributed by atoms with Crippen molar-refractivity contribution in [2.75, 3.05) is 11.9 Å². The highest BCUT2D eigenvalue weighted by atomic mass is 32.1. The summed E-state index contributed by atoms with van der Waals surface area (Å²) in [5, 5.41) is 4.64. The minimum Gasteiger partial charge on any atom is -0.369 e. The van der Waals surface area contributed by atoms with E-state index in [1.54, 1.807) is 11.3 Å². The number of unbranched alkanes of at least 4 members (excludes halogenated alkanes) is 1. The van der Waals surface area contributed by atoms with Gasteiger partial charge in [0.1, 0.15) is 16.5 Å². The zero-order chi connectivity index (χ0) is 12.4. The van der Waals surface area contributed by atoms with Crippen molar-refractivity contribution in [3.63, 3.8) is 0 Å². The molecule has 1 N–H and O–H groups in total. The number of fused-ring (bicyclic) bond motifs is 1. The third kappa shape index (κ3) is 2.41. The molecule has 0 saturated heterocycles. The molecule has 0 aliphatic rings. The largest absolute Gasteiger partial charge is 0.369 e. The fourth-order valence-electron chi connectivity index (χ4n) is 1.87. The molecule has 17 heavy (non-hydrogen) atoms. The number of nitrogens with one attached hydrogen (secondary N) is 1. The Hall–Kier alpha value is -1.16. The lowest BCUT2D eigenvalue weighted by Gasteiger charge is -2.07. The Kier molecular flexibility index (Phi) is 3.62. The van der Waals surface area contributed by atoms with Crippen molar-refractivity contribution in [2.24, 2.45) is 0 Å². The van der Waals surface area contributed by atoms with Gasteiger partial charge in [0.2, 0.25) is 0 Å². The number of anilines is 1. The van der Waals surface area contributed by atoms with Crippen LogP contribution in [-0.2, 0) is 0 Å². The molecule has 3 nitrogen and oxygen atoms in total. The molecule has 0 atom stereocenters. The first-order chi connectivity index (χ1) is 8.13. The maximum absolute atomic E-state index is 4.53. The molecule has 0 bridgehead atoms. The van der Waals surface area contributed by atoms with Crippen molar-refractivity contribution in [3.8, 4) is 0 Å². The number of aryl methyl sites for hydroxylation is 3. The number of hydrogen-bond donors (Lipinski definition) is 1. The van der Waals surface area contributed by atoms with Crippen molar-refractivity contribution < 1.29 is 0 Å². The summed E-state index contributed by atoms with van der Waals surface area (Å²) in [4.78, 5) is 11.5. The number of hydrogen-bond acceptors (Lipinski definition) is 4. The van der Waals surface area contributed by atoms with Gasteiger partial charge in [-0.3, -0.25) is 0 Å². The average Bonchev–Trinajstić information content (AvgIpc) is 2.54. The monoisotopic (exact) mass is 249 g/mol. The van der Waals surface area contributed by atoms with Crippen molar-refractivity contribution in [1.82, 2.24) is 9.97 Å². The molecule has 2 aromatic heterocycles. The fourth-order valence-corrected chi connectivity index (χ4v) is 2.94. The van der Waals surface area contributed by atoms with E-state index >= 15 is 0 Å². The van der Waals surface area contributed by atoms with E-state index in [1.165, 1.54) is 28.7 Å². The molecule has 0 unspecified atom stereocenters. The Morgan fingerprint density at radius 1 is 1.18 bits per heavy atom.